The summed E-state index contributed by atoms with van der Waals surface area (Å²) in [6.45, 7) is 7.57. The van der Waals surface area contributed by atoms with Crippen LogP contribution < -0.4 is 4.72 Å². The van der Waals surface area contributed by atoms with Crippen molar-refractivity contribution in [3.63, 3.8) is 0 Å². The van der Waals surface area contributed by atoms with Gasteiger partial charge in [0.25, 0.3) is 0 Å². The highest BCUT2D eigenvalue weighted by Gasteiger charge is 2.23. The van der Waals surface area contributed by atoms with Crippen LogP contribution in [0.3, 0.4) is 0 Å². The van der Waals surface area contributed by atoms with Crippen LogP contribution in [-0.4, -0.2) is 8.96 Å². The molecule has 0 aliphatic rings. The Balaban J connectivity index is 2.22. The first-order valence-corrected chi connectivity index (χ1v) is 7.29. The van der Waals surface area contributed by atoms with Crippen molar-refractivity contribution in [1.29, 1.82) is 0 Å². The number of rotatable bonds is 3. The second-order valence-corrected chi connectivity index (χ2v) is 7.55. The minimum atomic E-state index is -1.18. The first-order valence-electron chi connectivity index (χ1n) is 6.14. The van der Waals surface area contributed by atoms with Crippen LogP contribution in [0.4, 0.5) is 4.39 Å². The maximum absolute atomic E-state index is 13.1. The average Bonchev–Trinajstić information content (AvgIpc) is 2.70. The van der Waals surface area contributed by atoms with Crippen LogP contribution in [-0.2, 0) is 11.0 Å². The van der Waals surface area contributed by atoms with Gasteiger partial charge < -0.3 is 4.42 Å². The molecule has 0 saturated heterocycles. The molecule has 19 heavy (non-hydrogen) atoms. The zero-order chi connectivity index (χ0) is 14.2. The van der Waals surface area contributed by atoms with Gasteiger partial charge in [-0.15, -0.1) is 0 Å². The van der Waals surface area contributed by atoms with Crippen molar-refractivity contribution in [2.24, 2.45) is 0 Å². The Morgan fingerprint density at radius 1 is 1.32 bits per heavy atom. The van der Waals surface area contributed by atoms with E-state index in [2.05, 4.69) is 4.72 Å². The minimum absolute atomic E-state index is 0.199. The lowest BCUT2D eigenvalue weighted by atomic mass is 10.2. The maximum Gasteiger partial charge on any atom is 0.134 e. The van der Waals surface area contributed by atoms with Gasteiger partial charge in [-0.3, -0.25) is 0 Å². The van der Waals surface area contributed by atoms with Crippen LogP contribution in [0.1, 0.15) is 39.5 Å². The van der Waals surface area contributed by atoms with E-state index >= 15 is 0 Å². The van der Waals surface area contributed by atoms with E-state index in [1.807, 2.05) is 27.7 Å². The highest BCUT2D eigenvalue weighted by atomic mass is 32.2. The summed E-state index contributed by atoms with van der Waals surface area (Å²) in [5.74, 6) is 0.358. The Bertz CT molecular complexity index is 615. The van der Waals surface area contributed by atoms with Gasteiger partial charge in [0, 0.05) is 5.39 Å². The summed E-state index contributed by atoms with van der Waals surface area (Å²) in [5, 5.41) is 0.713. The molecule has 0 amide bonds. The smallest absolute Gasteiger partial charge is 0.134 e. The third kappa shape index (κ3) is 3.22. The third-order valence-electron chi connectivity index (χ3n) is 2.76. The molecular weight excluding hydrogens is 265 g/mol. The first-order chi connectivity index (χ1) is 8.77. The molecule has 5 heteroatoms. The molecule has 0 aliphatic heterocycles. The standard InChI is InChI=1S/C14H18FNO2S/c1-9(16-19(17)14(2,3)4)13-8-10-7-11(15)5-6-12(10)18-13/h5-9,16H,1-4H3/t9-,19+/m0/s1. The van der Waals surface area contributed by atoms with E-state index in [1.54, 1.807) is 12.1 Å². The molecule has 2 aromatic rings. The van der Waals surface area contributed by atoms with Crippen molar-refractivity contribution in [1.82, 2.24) is 4.72 Å². The summed E-state index contributed by atoms with van der Waals surface area (Å²) in [7, 11) is -1.18. The molecule has 0 spiro atoms. The zero-order valence-corrected chi connectivity index (χ0v) is 12.3. The Labute approximate surface area is 114 Å². The van der Waals surface area contributed by atoms with E-state index in [9.17, 15) is 8.60 Å². The molecule has 0 fully saturated rings. The number of halogens is 1. The molecule has 0 bridgehead atoms. The Kier molecular flexibility index (Phi) is 3.78. The van der Waals surface area contributed by atoms with Gasteiger partial charge in [0.2, 0.25) is 0 Å². The normalized spacial score (nSPS) is 15.6. The van der Waals surface area contributed by atoms with Crippen molar-refractivity contribution in [2.45, 2.75) is 38.5 Å². The van der Waals surface area contributed by atoms with E-state index in [4.69, 9.17) is 4.42 Å². The minimum Gasteiger partial charge on any atom is -0.459 e. The number of benzene rings is 1. The van der Waals surface area contributed by atoms with Crippen molar-refractivity contribution in [3.8, 4) is 0 Å². The number of hydrogen-bond donors (Lipinski definition) is 1. The predicted octanol–water partition coefficient (Wildman–Crippen LogP) is 3.68. The fourth-order valence-electron chi connectivity index (χ4n) is 1.64. The van der Waals surface area contributed by atoms with Gasteiger partial charge in [0.15, 0.2) is 0 Å². The lowest BCUT2D eigenvalue weighted by Crippen LogP contribution is -2.34. The van der Waals surface area contributed by atoms with Crippen LogP contribution in [0.25, 0.3) is 11.0 Å². The van der Waals surface area contributed by atoms with Gasteiger partial charge in [-0.05, 0) is 52.0 Å². The van der Waals surface area contributed by atoms with Gasteiger partial charge in [-0.25, -0.2) is 13.3 Å². The van der Waals surface area contributed by atoms with Crippen LogP contribution in [0.5, 0.6) is 0 Å². The highest BCUT2D eigenvalue weighted by molar-refractivity contribution is 7.84. The van der Waals surface area contributed by atoms with Gasteiger partial charge in [0.05, 0.1) is 21.8 Å². The monoisotopic (exact) mass is 283 g/mol. The average molecular weight is 283 g/mol. The second-order valence-electron chi connectivity index (χ2n) is 5.55. The number of furan rings is 1. The molecule has 2 rings (SSSR count). The number of nitrogens with one attached hydrogen (secondary N) is 1. The fraction of sp³-hybridized carbons (Fsp3) is 0.429. The van der Waals surface area contributed by atoms with Crippen LogP contribution >= 0.6 is 0 Å². The molecular formula is C14H18FNO2S. The number of hydrogen-bond acceptors (Lipinski definition) is 2. The molecule has 2 atom stereocenters. The number of fused-ring (bicyclic) bond motifs is 1. The Morgan fingerprint density at radius 2 is 2.00 bits per heavy atom. The van der Waals surface area contributed by atoms with E-state index in [0.717, 1.165) is 0 Å². The van der Waals surface area contributed by atoms with E-state index < -0.39 is 11.0 Å². The molecule has 0 unspecified atom stereocenters. The van der Waals surface area contributed by atoms with Gasteiger partial charge in [0.1, 0.15) is 17.2 Å². The van der Waals surface area contributed by atoms with E-state index in [-0.39, 0.29) is 16.6 Å². The molecule has 1 N–H and O–H groups in total. The molecule has 3 nitrogen and oxygen atoms in total. The molecule has 0 radical (unpaired) electrons. The quantitative estimate of drug-likeness (QED) is 0.933. The summed E-state index contributed by atoms with van der Waals surface area (Å²) in [5.41, 5.74) is 0.631. The first kappa shape index (κ1) is 14.2. The molecule has 104 valence electrons. The molecule has 1 aromatic carbocycles. The SMILES string of the molecule is C[C@H](N[S@](=O)C(C)(C)C)c1cc2cc(F)ccc2o1. The topological polar surface area (TPSA) is 42.2 Å². The highest BCUT2D eigenvalue weighted by Crippen LogP contribution is 2.25. The molecule has 1 aromatic heterocycles. The van der Waals surface area contributed by atoms with E-state index in [1.165, 1.54) is 12.1 Å². The second kappa shape index (κ2) is 5.06. The van der Waals surface area contributed by atoms with Gasteiger partial charge in [-0.2, -0.15) is 0 Å². The summed E-state index contributed by atoms with van der Waals surface area (Å²) in [6, 6.07) is 5.96. The van der Waals surface area contributed by atoms with Crippen LogP contribution in [0.15, 0.2) is 28.7 Å². The predicted molar refractivity (Wildman–Crippen MR) is 75.6 cm³/mol. The summed E-state index contributed by atoms with van der Waals surface area (Å²) >= 11 is 0. The Morgan fingerprint density at radius 3 is 2.63 bits per heavy atom. The lowest BCUT2D eigenvalue weighted by Gasteiger charge is -2.20. The van der Waals surface area contributed by atoms with Crippen LogP contribution in [0, 0.1) is 5.82 Å². The van der Waals surface area contributed by atoms with E-state index in [0.29, 0.717) is 16.7 Å². The largest absolute Gasteiger partial charge is 0.459 e. The summed E-state index contributed by atoms with van der Waals surface area (Å²) in [4.78, 5) is 0. The molecule has 0 aliphatic carbocycles. The Hall–Kier alpha value is -1.20. The van der Waals surface area contributed by atoms with Crippen molar-refractivity contribution < 1.29 is 13.0 Å². The fourth-order valence-corrected chi connectivity index (χ4v) is 2.43. The van der Waals surface area contributed by atoms with Crippen molar-refractivity contribution in [3.05, 3.63) is 35.8 Å². The zero-order valence-electron chi connectivity index (χ0n) is 11.5. The van der Waals surface area contributed by atoms with Crippen LogP contribution in [0.2, 0.25) is 0 Å². The van der Waals surface area contributed by atoms with Crippen molar-refractivity contribution in [2.75, 3.05) is 0 Å². The lowest BCUT2D eigenvalue weighted by molar-refractivity contribution is 0.492. The van der Waals surface area contributed by atoms with Gasteiger partial charge in [-0.1, -0.05) is 0 Å². The van der Waals surface area contributed by atoms with Gasteiger partial charge >= 0.3 is 0 Å². The summed E-state index contributed by atoms with van der Waals surface area (Å²) in [6.07, 6.45) is 0. The third-order valence-corrected chi connectivity index (χ3v) is 4.44. The molecule has 1 heterocycles. The summed E-state index contributed by atoms with van der Waals surface area (Å²) < 4.78 is 33.4. The molecule has 0 saturated carbocycles. The van der Waals surface area contributed by atoms with Crippen molar-refractivity contribution >= 4 is 22.0 Å². The maximum atomic E-state index is 13.1.